The van der Waals surface area contributed by atoms with Crippen LogP contribution in [0.25, 0.3) is 0 Å². The minimum Gasteiger partial charge on any atom is -0.358 e. The summed E-state index contributed by atoms with van der Waals surface area (Å²) in [5.41, 5.74) is 0.387. The Morgan fingerprint density at radius 2 is 1.96 bits per heavy atom. The number of amides is 2. The molecule has 1 heterocycles. The van der Waals surface area contributed by atoms with Gasteiger partial charge in [-0.2, -0.15) is 0 Å². The van der Waals surface area contributed by atoms with E-state index in [9.17, 15) is 18.0 Å². The van der Waals surface area contributed by atoms with Gasteiger partial charge in [0.2, 0.25) is 5.91 Å². The molecule has 0 radical (unpaired) electrons. The second-order valence-corrected chi connectivity index (χ2v) is 9.20. The van der Waals surface area contributed by atoms with Gasteiger partial charge in [-0.1, -0.05) is 27.5 Å². The largest absolute Gasteiger partial charge is 0.358 e. The summed E-state index contributed by atoms with van der Waals surface area (Å²) < 4.78 is 25.2. The Morgan fingerprint density at radius 1 is 1.33 bits per heavy atom. The third-order valence-electron chi connectivity index (χ3n) is 4.01. The molecule has 0 bridgehead atoms. The van der Waals surface area contributed by atoms with Gasteiger partial charge in [0.05, 0.1) is 15.8 Å². The van der Waals surface area contributed by atoms with E-state index in [-0.39, 0.29) is 5.91 Å². The monoisotopic (exact) mass is 436 g/mol. The molecule has 0 unspecified atom stereocenters. The van der Waals surface area contributed by atoms with Crippen molar-refractivity contribution in [2.24, 2.45) is 0 Å². The number of piperidine rings is 1. The van der Waals surface area contributed by atoms with Gasteiger partial charge in [-0.25, -0.2) is 8.42 Å². The van der Waals surface area contributed by atoms with Crippen LogP contribution in [-0.4, -0.2) is 56.3 Å². The van der Waals surface area contributed by atoms with Crippen molar-refractivity contribution >= 4 is 49.2 Å². The van der Waals surface area contributed by atoms with E-state index >= 15 is 0 Å². The van der Waals surface area contributed by atoms with E-state index in [1.807, 2.05) is 0 Å². The van der Waals surface area contributed by atoms with Gasteiger partial charge in [-0.3, -0.25) is 9.59 Å². The molecule has 0 atom stereocenters. The molecule has 0 aliphatic carbocycles. The number of hydrogen-bond donors (Lipinski definition) is 1. The topological polar surface area (TPSA) is 83.6 Å². The van der Waals surface area contributed by atoms with Gasteiger partial charge in [0, 0.05) is 24.6 Å². The maximum absolute atomic E-state index is 12.6. The number of nitrogens with one attached hydrogen (secondary N) is 1. The van der Waals surface area contributed by atoms with Crippen LogP contribution in [0.1, 0.15) is 23.2 Å². The number of likely N-dealkylation sites (tertiary alicyclic amines) is 1. The fraction of sp³-hybridized carbons (Fsp3) is 0.467. The standard InChI is InChI=1S/C15H18BrClN2O4S/c1-18-14(20)9-24(22,23)11-4-6-19(7-5-11)15(21)12-8-10(16)2-3-13(12)17/h2-3,8,11H,4-7,9H2,1H3,(H,18,20). The molecule has 6 nitrogen and oxygen atoms in total. The summed E-state index contributed by atoms with van der Waals surface area (Å²) in [4.78, 5) is 25.5. The molecule has 0 spiro atoms. The molecule has 1 aromatic carbocycles. The highest BCUT2D eigenvalue weighted by Crippen LogP contribution is 2.25. The Morgan fingerprint density at radius 3 is 2.54 bits per heavy atom. The molecule has 1 saturated heterocycles. The highest BCUT2D eigenvalue weighted by atomic mass is 79.9. The lowest BCUT2D eigenvalue weighted by Gasteiger charge is -2.32. The number of carbonyl (C=O) groups excluding carboxylic acids is 2. The zero-order chi connectivity index (χ0) is 17.9. The van der Waals surface area contributed by atoms with E-state index in [0.717, 1.165) is 4.47 Å². The van der Waals surface area contributed by atoms with Crippen LogP contribution in [0, 0.1) is 0 Å². The first kappa shape index (κ1) is 19.2. The summed E-state index contributed by atoms with van der Waals surface area (Å²) in [6.07, 6.45) is 0.632. The van der Waals surface area contributed by atoms with Crippen molar-refractivity contribution in [1.82, 2.24) is 10.2 Å². The third-order valence-corrected chi connectivity index (χ3v) is 6.98. The van der Waals surface area contributed by atoms with E-state index in [0.29, 0.717) is 36.5 Å². The lowest BCUT2D eigenvalue weighted by atomic mass is 10.1. The van der Waals surface area contributed by atoms with Gasteiger partial charge in [-0.05, 0) is 31.0 Å². The second kappa shape index (κ2) is 7.84. The van der Waals surface area contributed by atoms with Crippen LogP contribution in [0.2, 0.25) is 5.02 Å². The number of sulfone groups is 1. The van der Waals surface area contributed by atoms with Crippen LogP contribution < -0.4 is 5.32 Å². The van der Waals surface area contributed by atoms with Crippen LogP contribution in [0.4, 0.5) is 0 Å². The fourth-order valence-electron chi connectivity index (χ4n) is 2.62. The van der Waals surface area contributed by atoms with Crippen molar-refractivity contribution in [3.05, 3.63) is 33.3 Å². The molecular weight excluding hydrogens is 420 g/mol. The molecule has 24 heavy (non-hydrogen) atoms. The Balaban J connectivity index is 2.03. The first-order chi connectivity index (χ1) is 11.2. The quantitative estimate of drug-likeness (QED) is 0.779. The Kier molecular flexibility index (Phi) is 6.28. The molecule has 1 fully saturated rings. The van der Waals surface area contributed by atoms with Crippen molar-refractivity contribution in [1.29, 1.82) is 0 Å². The van der Waals surface area contributed by atoms with Crippen LogP contribution in [-0.2, 0) is 14.6 Å². The van der Waals surface area contributed by atoms with E-state index in [1.165, 1.54) is 7.05 Å². The SMILES string of the molecule is CNC(=O)CS(=O)(=O)C1CCN(C(=O)c2cc(Br)ccc2Cl)CC1. The first-order valence-corrected chi connectivity index (χ1v) is 10.3. The predicted octanol–water partition coefficient (Wildman–Crippen LogP) is 1.87. The molecule has 1 aliphatic heterocycles. The van der Waals surface area contributed by atoms with Crippen LogP contribution in [0.15, 0.2) is 22.7 Å². The lowest BCUT2D eigenvalue weighted by molar-refractivity contribution is -0.118. The van der Waals surface area contributed by atoms with Gasteiger partial charge in [0.1, 0.15) is 5.75 Å². The zero-order valence-electron chi connectivity index (χ0n) is 13.1. The van der Waals surface area contributed by atoms with Gasteiger partial charge >= 0.3 is 0 Å². The number of hydrogen-bond acceptors (Lipinski definition) is 4. The second-order valence-electron chi connectivity index (χ2n) is 5.60. The summed E-state index contributed by atoms with van der Waals surface area (Å²) in [7, 11) is -2.10. The minimum absolute atomic E-state index is 0.219. The van der Waals surface area contributed by atoms with Crippen molar-refractivity contribution in [3.8, 4) is 0 Å². The predicted molar refractivity (Wildman–Crippen MR) is 95.9 cm³/mol. The van der Waals surface area contributed by atoms with E-state index < -0.39 is 26.7 Å². The number of nitrogens with zero attached hydrogens (tertiary/aromatic N) is 1. The summed E-state index contributed by atoms with van der Waals surface area (Å²) in [6, 6.07) is 5.04. The van der Waals surface area contributed by atoms with Gasteiger partial charge in [-0.15, -0.1) is 0 Å². The zero-order valence-corrected chi connectivity index (χ0v) is 16.2. The highest BCUT2D eigenvalue weighted by Gasteiger charge is 2.33. The molecule has 1 aromatic rings. The Labute approximate surface area is 154 Å². The van der Waals surface area contributed by atoms with Crippen LogP contribution in [0.3, 0.4) is 0 Å². The number of benzene rings is 1. The summed E-state index contributed by atoms with van der Waals surface area (Å²) in [6.45, 7) is 0.638. The molecule has 0 saturated carbocycles. The lowest BCUT2D eigenvalue weighted by Crippen LogP contribution is -2.44. The van der Waals surface area contributed by atoms with Crippen molar-refractivity contribution in [2.75, 3.05) is 25.9 Å². The number of halogens is 2. The molecule has 2 amide bonds. The van der Waals surface area contributed by atoms with Crippen molar-refractivity contribution in [3.63, 3.8) is 0 Å². The van der Waals surface area contributed by atoms with E-state index in [2.05, 4.69) is 21.2 Å². The molecule has 2 rings (SSSR count). The van der Waals surface area contributed by atoms with Gasteiger partial charge < -0.3 is 10.2 Å². The maximum Gasteiger partial charge on any atom is 0.255 e. The molecule has 1 aliphatic rings. The number of carbonyl (C=O) groups is 2. The smallest absolute Gasteiger partial charge is 0.255 e. The van der Waals surface area contributed by atoms with Crippen LogP contribution in [0.5, 0.6) is 0 Å². The molecule has 132 valence electrons. The third kappa shape index (κ3) is 4.49. The van der Waals surface area contributed by atoms with Crippen molar-refractivity contribution < 1.29 is 18.0 Å². The Hall–Kier alpha value is -1.12. The average Bonchev–Trinajstić information content (AvgIpc) is 2.56. The summed E-state index contributed by atoms with van der Waals surface area (Å²) in [5, 5.41) is 2.08. The first-order valence-electron chi connectivity index (χ1n) is 7.41. The highest BCUT2D eigenvalue weighted by molar-refractivity contribution is 9.10. The van der Waals surface area contributed by atoms with Crippen molar-refractivity contribution in [2.45, 2.75) is 18.1 Å². The van der Waals surface area contributed by atoms with Gasteiger partial charge in [0.25, 0.3) is 5.91 Å². The van der Waals surface area contributed by atoms with E-state index in [4.69, 9.17) is 11.6 Å². The minimum atomic E-state index is -3.51. The fourth-order valence-corrected chi connectivity index (χ4v) is 4.86. The summed E-state index contributed by atoms with van der Waals surface area (Å²) >= 11 is 9.38. The normalized spacial score (nSPS) is 16.0. The Bertz CT molecular complexity index is 746. The van der Waals surface area contributed by atoms with Gasteiger partial charge in [0.15, 0.2) is 9.84 Å². The molecule has 1 N–H and O–H groups in total. The van der Waals surface area contributed by atoms with Crippen LogP contribution >= 0.6 is 27.5 Å². The maximum atomic E-state index is 12.6. The molecular formula is C15H18BrClN2O4S. The average molecular weight is 438 g/mol. The number of rotatable bonds is 4. The summed E-state index contributed by atoms with van der Waals surface area (Å²) in [5.74, 6) is -1.25. The molecule has 9 heteroatoms. The van der Waals surface area contributed by atoms with E-state index in [1.54, 1.807) is 23.1 Å². The molecule has 0 aromatic heterocycles.